The number of nitrogens with one attached hydrogen (secondary N) is 1. The van der Waals surface area contributed by atoms with Gasteiger partial charge in [0.25, 0.3) is 0 Å². The second-order valence-electron chi connectivity index (χ2n) is 7.66. The van der Waals surface area contributed by atoms with Crippen molar-refractivity contribution in [2.75, 3.05) is 31.8 Å². The summed E-state index contributed by atoms with van der Waals surface area (Å²) in [4.78, 5) is 15.6. The van der Waals surface area contributed by atoms with Crippen molar-refractivity contribution in [3.63, 3.8) is 0 Å². The van der Waals surface area contributed by atoms with Gasteiger partial charge in [0.2, 0.25) is 11.9 Å². The highest BCUT2D eigenvalue weighted by atomic mass is 16.5. The van der Waals surface area contributed by atoms with Crippen LogP contribution < -0.4 is 20.5 Å². The quantitative estimate of drug-likeness (QED) is 0.595. The SMILES string of the molecule is COc1ccc([C@@H]2CCCN2Cc2nc(N)nc(Nc3ccc(C)cc3)n2)c(OC)c1. The van der Waals surface area contributed by atoms with Gasteiger partial charge in [-0.25, -0.2) is 0 Å². The maximum Gasteiger partial charge on any atom is 0.232 e. The van der Waals surface area contributed by atoms with E-state index in [1.807, 2.05) is 43.3 Å². The second-order valence-corrected chi connectivity index (χ2v) is 7.66. The molecule has 0 saturated carbocycles. The van der Waals surface area contributed by atoms with Gasteiger partial charge >= 0.3 is 0 Å². The largest absolute Gasteiger partial charge is 0.497 e. The number of aromatic nitrogens is 3. The summed E-state index contributed by atoms with van der Waals surface area (Å²) in [5.41, 5.74) is 9.22. The molecule has 4 rings (SSSR count). The second kappa shape index (κ2) is 9.18. The van der Waals surface area contributed by atoms with Gasteiger partial charge in [0.05, 0.1) is 20.8 Å². The average Bonchev–Trinajstić information content (AvgIpc) is 3.22. The highest BCUT2D eigenvalue weighted by Gasteiger charge is 2.29. The Hall–Kier alpha value is -3.39. The standard InChI is InChI=1S/C23H28N6O2/c1-15-6-8-16(9-7-15)25-23-27-21(26-22(24)28-23)14-29-12-4-5-19(29)18-11-10-17(30-2)13-20(18)31-3/h6-11,13,19H,4-5,12,14H2,1-3H3,(H3,24,25,26,27,28)/t19-/m0/s1. The van der Waals surface area contributed by atoms with E-state index < -0.39 is 0 Å². The first-order chi connectivity index (χ1) is 15.1. The first kappa shape index (κ1) is 20.9. The molecule has 31 heavy (non-hydrogen) atoms. The molecule has 162 valence electrons. The summed E-state index contributed by atoms with van der Waals surface area (Å²) < 4.78 is 11.0. The van der Waals surface area contributed by atoms with Crippen molar-refractivity contribution in [2.45, 2.75) is 32.4 Å². The Labute approximate surface area is 182 Å². The monoisotopic (exact) mass is 420 g/mol. The maximum atomic E-state index is 5.98. The molecule has 3 aromatic rings. The van der Waals surface area contributed by atoms with Gasteiger partial charge in [-0.15, -0.1) is 0 Å². The number of nitrogen functional groups attached to an aromatic ring is 1. The Morgan fingerprint density at radius 1 is 1.06 bits per heavy atom. The molecule has 0 aliphatic carbocycles. The van der Waals surface area contributed by atoms with Crippen LogP contribution in [0.1, 0.15) is 35.8 Å². The number of rotatable bonds is 7. The number of hydrogen-bond acceptors (Lipinski definition) is 8. The molecule has 2 heterocycles. The van der Waals surface area contributed by atoms with Gasteiger partial charge in [-0.05, 0) is 44.5 Å². The zero-order valence-electron chi connectivity index (χ0n) is 18.1. The van der Waals surface area contributed by atoms with E-state index in [0.717, 1.165) is 42.1 Å². The summed E-state index contributed by atoms with van der Waals surface area (Å²) in [5, 5.41) is 3.22. The van der Waals surface area contributed by atoms with Crippen molar-refractivity contribution in [1.82, 2.24) is 19.9 Å². The number of benzene rings is 2. The third kappa shape index (κ3) is 4.86. The maximum absolute atomic E-state index is 5.98. The van der Waals surface area contributed by atoms with Crippen LogP contribution in [-0.2, 0) is 6.54 Å². The zero-order chi connectivity index (χ0) is 21.8. The van der Waals surface area contributed by atoms with Crippen molar-refractivity contribution in [2.24, 2.45) is 0 Å². The molecule has 0 spiro atoms. The van der Waals surface area contributed by atoms with Crippen molar-refractivity contribution in [3.05, 3.63) is 59.4 Å². The number of methoxy groups -OCH3 is 2. The van der Waals surface area contributed by atoms with Crippen LogP contribution in [0.2, 0.25) is 0 Å². The zero-order valence-corrected chi connectivity index (χ0v) is 18.1. The summed E-state index contributed by atoms with van der Waals surface area (Å²) in [6, 6.07) is 14.2. The van der Waals surface area contributed by atoms with E-state index in [2.05, 4.69) is 31.2 Å². The minimum atomic E-state index is 0.206. The molecule has 2 aromatic carbocycles. The van der Waals surface area contributed by atoms with E-state index in [9.17, 15) is 0 Å². The van der Waals surface area contributed by atoms with E-state index in [1.165, 1.54) is 5.56 Å². The van der Waals surface area contributed by atoms with Gasteiger partial charge in [-0.2, -0.15) is 15.0 Å². The number of ether oxygens (including phenoxy) is 2. The van der Waals surface area contributed by atoms with E-state index in [0.29, 0.717) is 18.3 Å². The molecule has 0 bridgehead atoms. The van der Waals surface area contributed by atoms with Crippen LogP contribution in [0.15, 0.2) is 42.5 Å². The number of aryl methyl sites for hydroxylation is 1. The average molecular weight is 421 g/mol. The molecule has 1 atom stereocenters. The fourth-order valence-corrected chi connectivity index (χ4v) is 3.97. The lowest BCUT2D eigenvalue weighted by Crippen LogP contribution is -2.25. The lowest BCUT2D eigenvalue weighted by atomic mass is 10.0. The van der Waals surface area contributed by atoms with Crippen LogP contribution >= 0.6 is 0 Å². The van der Waals surface area contributed by atoms with Crippen molar-refractivity contribution < 1.29 is 9.47 Å². The number of likely N-dealkylation sites (tertiary alicyclic amines) is 1. The fourth-order valence-electron chi connectivity index (χ4n) is 3.97. The van der Waals surface area contributed by atoms with Gasteiger partial charge in [-0.3, -0.25) is 4.90 Å². The Morgan fingerprint density at radius 2 is 1.87 bits per heavy atom. The van der Waals surface area contributed by atoms with Crippen molar-refractivity contribution >= 4 is 17.6 Å². The van der Waals surface area contributed by atoms with E-state index in [-0.39, 0.29) is 12.0 Å². The third-order valence-electron chi connectivity index (χ3n) is 5.51. The summed E-state index contributed by atoms with van der Waals surface area (Å²) in [6.07, 6.45) is 2.13. The number of nitrogens with two attached hydrogens (primary N) is 1. The predicted molar refractivity (Wildman–Crippen MR) is 121 cm³/mol. The molecule has 3 N–H and O–H groups in total. The molecular weight excluding hydrogens is 392 g/mol. The molecule has 8 nitrogen and oxygen atoms in total. The minimum absolute atomic E-state index is 0.206. The lowest BCUT2D eigenvalue weighted by molar-refractivity contribution is 0.237. The number of anilines is 3. The third-order valence-corrected chi connectivity index (χ3v) is 5.51. The molecule has 1 aliphatic rings. The van der Waals surface area contributed by atoms with E-state index >= 15 is 0 Å². The topological polar surface area (TPSA) is 98.4 Å². The summed E-state index contributed by atoms with van der Waals surface area (Å²) in [7, 11) is 3.34. The highest BCUT2D eigenvalue weighted by molar-refractivity contribution is 5.54. The minimum Gasteiger partial charge on any atom is -0.497 e. The van der Waals surface area contributed by atoms with Gasteiger partial charge in [0.1, 0.15) is 17.3 Å². The molecule has 8 heteroatoms. The summed E-state index contributed by atoms with van der Waals surface area (Å²) in [6.45, 7) is 3.58. The van der Waals surface area contributed by atoms with Crippen molar-refractivity contribution in [3.8, 4) is 11.5 Å². The van der Waals surface area contributed by atoms with Crippen LogP contribution in [0.3, 0.4) is 0 Å². The van der Waals surface area contributed by atoms with E-state index in [4.69, 9.17) is 15.2 Å². The Morgan fingerprint density at radius 3 is 2.61 bits per heavy atom. The Balaban J connectivity index is 1.54. The highest BCUT2D eigenvalue weighted by Crippen LogP contribution is 2.39. The Bertz CT molecular complexity index is 1040. The fraction of sp³-hybridized carbons (Fsp3) is 0.348. The smallest absolute Gasteiger partial charge is 0.232 e. The predicted octanol–water partition coefficient (Wildman–Crippen LogP) is 3.86. The number of nitrogens with zero attached hydrogens (tertiary/aromatic N) is 4. The van der Waals surface area contributed by atoms with Crippen LogP contribution in [0, 0.1) is 6.92 Å². The molecule has 1 aromatic heterocycles. The molecule has 0 radical (unpaired) electrons. The molecule has 0 amide bonds. The Kier molecular flexibility index (Phi) is 6.18. The van der Waals surface area contributed by atoms with Crippen LogP contribution in [0.25, 0.3) is 0 Å². The first-order valence-electron chi connectivity index (χ1n) is 10.4. The molecule has 0 unspecified atom stereocenters. The van der Waals surface area contributed by atoms with Crippen LogP contribution in [0.4, 0.5) is 17.6 Å². The molecule has 1 fully saturated rings. The van der Waals surface area contributed by atoms with Gasteiger partial charge in [0.15, 0.2) is 0 Å². The van der Waals surface area contributed by atoms with Crippen LogP contribution in [-0.4, -0.2) is 40.6 Å². The van der Waals surface area contributed by atoms with Gasteiger partial charge in [-0.1, -0.05) is 23.8 Å². The van der Waals surface area contributed by atoms with Crippen LogP contribution in [0.5, 0.6) is 11.5 Å². The molecule has 1 aliphatic heterocycles. The lowest BCUT2D eigenvalue weighted by Gasteiger charge is -2.25. The summed E-state index contributed by atoms with van der Waals surface area (Å²) in [5.74, 6) is 2.90. The summed E-state index contributed by atoms with van der Waals surface area (Å²) >= 11 is 0. The normalized spacial score (nSPS) is 16.3. The molecule has 1 saturated heterocycles. The molecular formula is C23H28N6O2. The van der Waals surface area contributed by atoms with E-state index in [1.54, 1.807) is 14.2 Å². The van der Waals surface area contributed by atoms with Gasteiger partial charge in [0, 0.05) is 23.4 Å². The van der Waals surface area contributed by atoms with Gasteiger partial charge < -0.3 is 20.5 Å². The number of hydrogen-bond donors (Lipinski definition) is 2. The van der Waals surface area contributed by atoms with Crippen molar-refractivity contribution in [1.29, 1.82) is 0 Å². The first-order valence-corrected chi connectivity index (χ1v) is 10.4.